The van der Waals surface area contributed by atoms with Gasteiger partial charge in [0, 0.05) is 13.5 Å². The second-order valence-electron chi connectivity index (χ2n) is 3.42. The van der Waals surface area contributed by atoms with Crippen LogP contribution in [0.3, 0.4) is 0 Å². The molecule has 78 valence electrons. The molecule has 1 saturated carbocycles. The van der Waals surface area contributed by atoms with E-state index < -0.39 is 12.0 Å². The first kappa shape index (κ1) is 11.3. The molecule has 0 aliphatic heterocycles. The lowest BCUT2D eigenvalue weighted by Crippen LogP contribution is -2.26. The van der Waals surface area contributed by atoms with Gasteiger partial charge in [0.05, 0.1) is 11.3 Å². The topological polar surface area (TPSA) is 58.9 Å². The molecular weight excluding hydrogens is 202 g/mol. The van der Waals surface area contributed by atoms with E-state index in [0.29, 0.717) is 12.3 Å². The zero-order chi connectivity index (χ0) is 10.6. The van der Waals surface area contributed by atoms with Gasteiger partial charge >= 0.3 is 5.97 Å². The second kappa shape index (κ2) is 5.20. The highest BCUT2D eigenvalue weighted by Crippen LogP contribution is 2.36. The standard InChI is InChI=1S/C9H13NO3S/c1-13-8(6-2-3-6)4-7(9(11)12)10-5-14/h6-8H,2-4H2,1H3,(H,11,12). The predicted octanol–water partition coefficient (Wildman–Crippen LogP) is 1.36. The summed E-state index contributed by atoms with van der Waals surface area (Å²) in [5.41, 5.74) is 0. The molecule has 1 rings (SSSR count). The number of carboxylic acids is 1. The van der Waals surface area contributed by atoms with E-state index in [9.17, 15) is 4.79 Å². The molecule has 0 radical (unpaired) electrons. The van der Waals surface area contributed by atoms with Crippen LogP contribution in [-0.2, 0) is 9.53 Å². The van der Waals surface area contributed by atoms with Crippen molar-refractivity contribution < 1.29 is 14.6 Å². The van der Waals surface area contributed by atoms with Gasteiger partial charge in [-0.25, -0.2) is 9.79 Å². The molecule has 1 aliphatic carbocycles. The maximum Gasteiger partial charge on any atom is 0.329 e. The number of methoxy groups -OCH3 is 1. The van der Waals surface area contributed by atoms with Gasteiger partial charge in [0.2, 0.25) is 0 Å². The van der Waals surface area contributed by atoms with Crippen LogP contribution in [0.25, 0.3) is 0 Å². The summed E-state index contributed by atoms with van der Waals surface area (Å²) in [5.74, 6) is -0.466. The molecule has 0 aromatic heterocycles. The molecule has 2 unspecified atom stereocenters. The third kappa shape index (κ3) is 3.18. The van der Waals surface area contributed by atoms with Gasteiger partial charge < -0.3 is 9.84 Å². The van der Waals surface area contributed by atoms with Gasteiger partial charge in [-0.05, 0) is 31.0 Å². The highest BCUT2D eigenvalue weighted by Gasteiger charge is 2.34. The monoisotopic (exact) mass is 215 g/mol. The normalized spacial score (nSPS) is 19.5. The zero-order valence-electron chi connectivity index (χ0n) is 7.97. The molecule has 0 bridgehead atoms. The molecule has 0 saturated heterocycles. The molecule has 1 N–H and O–H groups in total. The molecule has 4 nitrogen and oxygen atoms in total. The number of aliphatic imine (C=N–C) groups is 1. The largest absolute Gasteiger partial charge is 0.480 e. The minimum absolute atomic E-state index is 0.0109. The van der Waals surface area contributed by atoms with Crippen molar-refractivity contribution in [1.29, 1.82) is 0 Å². The molecule has 5 heteroatoms. The Hall–Kier alpha value is -0.770. The fourth-order valence-corrected chi connectivity index (χ4v) is 1.57. The van der Waals surface area contributed by atoms with Crippen LogP contribution in [-0.4, -0.2) is 35.5 Å². The first-order chi connectivity index (χ1) is 6.69. The van der Waals surface area contributed by atoms with Crippen LogP contribution in [0.15, 0.2) is 4.99 Å². The van der Waals surface area contributed by atoms with E-state index in [1.165, 1.54) is 0 Å². The van der Waals surface area contributed by atoms with Crippen LogP contribution in [0.2, 0.25) is 0 Å². The van der Waals surface area contributed by atoms with Gasteiger partial charge in [-0.1, -0.05) is 0 Å². The number of carbonyl (C=O) groups is 1. The minimum Gasteiger partial charge on any atom is -0.480 e. The Kier molecular flexibility index (Phi) is 4.20. The molecular formula is C9H13NO3S. The number of ether oxygens (including phenoxy) is 1. The van der Waals surface area contributed by atoms with Gasteiger partial charge in [-0.2, -0.15) is 0 Å². The van der Waals surface area contributed by atoms with Crippen LogP contribution in [0.1, 0.15) is 19.3 Å². The van der Waals surface area contributed by atoms with Crippen LogP contribution in [0, 0.1) is 5.92 Å². The number of rotatable bonds is 6. The van der Waals surface area contributed by atoms with Gasteiger partial charge in [-0.15, -0.1) is 0 Å². The molecule has 1 fully saturated rings. The van der Waals surface area contributed by atoms with Crippen molar-refractivity contribution in [3.05, 3.63) is 0 Å². The fraction of sp³-hybridized carbons (Fsp3) is 0.778. The van der Waals surface area contributed by atoms with E-state index in [-0.39, 0.29) is 6.10 Å². The first-order valence-corrected chi connectivity index (χ1v) is 4.92. The SMILES string of the molecule is COC(CC(N=C=S)C(=O)O)C1CC1. The first-order valence-electron chi connectivity index (χ1n) is 4.51. The summed E-state index contributed by atoms with van der Waals surface area (Å²) in [6, 6.07) is -0.807. The second-order valence-corrected chi connectivity index (χ2v) is 3.60. The number of carboxylic acid groups (broad SMARTS) is 1. The Morgan fingerprint density at radius 1 is 1.79 bits per heavy atom. The Bertz CT molecular complexity index is 257. The maximum absolute atomic E-state index is 10.7. The Balaban J connectivity index is 2.51. The van der Waals surface area contributed by atoms with Crippen molar-refractivity contribution in [3.63, 3.8) is 0 Å². The summed E-state index contributed by atoms with van der Waals surface area (Å²) in [4.78, 5) is 14.4. The fourth-order valence-electron chi connectivity index (χ4n) is 1.44. The van der Waals surface area contributed by atoms with Gasteiger partial charge in [0.1, 0.15) is 0 Å². The summed E-state index contributed by atoms with van der Waals surface area (Å²) in [6.07, 6.45) is 2.61. The Morgan fingerprint density at radius 2 is 2.43 bits per heavy atom. The number of hydrogen-bond donors (Lipinski definition) is 1. The van der Waals surface area contributed by atoms with Gasteiger partial charge in [-0.3, -0.25) is 0 Å². The molecule has 0 amide bonds. The van der Waals surface area contributed by atoms with E-state index in [4.69, 9.17) is 9.84 Å². The molecule has 0 aromatic carbocycles. The van der Waals surface area contributed by atoms with E-state index in [1.54, 1.807) is 7.11 Å². The average Bonchev–Trinajstić information content (AvgIpc) is 2.95. The van der Waals surface area contributed by atoms with Crippen LogP contribution in [0.5, 0.6) is 0 Å². The summed E-state index contributed by atoms with van der Waals surface area (Å²) in [5, 5.41) is 10.9. The number of aliphatic carboxylic acids is 1. The number of isothiocyanates is 1. The van der Waals surface area contributed by atoms with Crippen molar-refractivity contribution >= 4 is 23.3 Å². The highest BCUT2D eigenvalue weighted by atomic mass is 32.1. The summed E-state index contributed by atoms with van der Waals surface area (Å²) in [6.45, 7) is 0. The third-order valence-electron chi connectivity index (χ3n) is 2.40. The predicted molar refractivity (Wildman–Crippen MR) is 54.6 cm³/mol. The minimum atomic E-state index is -0.968. The van der Waals surface area contributed by atoms with Gasteiger partial charge in [0.15, 0.2) is 6.04 Å². The number of nitrogens with zero attached hydrogens (tertiary/aromatic N) is 1. The number of hydrogen-bond acceptors (Lipinski definition) is 4. The van der Waals surface area contributed by atoms with E-state index in [0.717, 1.165) is 12.8 Å². The van der Waals surface area contributed by atoms with Crippen molar-refractivity contribution in [1.82, 2.24) is 0 Å². The third-order valence-corrected chi connectivity index (χ3v) is 2.51. The average molecular weight is 215 g/mol. The van der Waals surface area contributed by atoms with Crippen LogP contribution < -0.4 is 0 Å². The van der Waals surface area contributed by atoms with Gasteiger partial charge in [0.25, 0.3) is 0 Å². The maximum atomic E-state index is 10.7. The molecule has 0 heterocycles. The van der Waals surface area contributed by atoms with Crippen molar-refractivity contribution in [2.45, 2.75) is 31.4 Å². The van der Waals surface area contributed by atoms with Crippen molar-refractivity contribution in [2.24, 2.45) is 10.9 Å². The van der Waals surface area contributed by atoms with Crippen molar-refractivity contribution in [2.75, 3.05) is 7.11 Å². The molecule has 14 heavy (non-hydrogen) atoms. The molecule has 2 atom stereocenters. The lowest BCUT2D eigenvalue weighted by molar-refractivity contribution is -0.139. The molecule has 1 aliphatic rings. The Morgan fingerprint density at radius 3 is 2.79 bits per heavy atom. The lowest BCUT2D eigenvalue weighted by Gasteiger charge is -2.15. The summed E-state index contributed by atoms with van der Waals surface area (Å²) >= 11 is 4.40. The van der Waals surface area contributed by atoms with E-state index in [1.807, 2.05) is 0 Å². The lowest BCUT2D eigenvalue weighted by atomic mass is 10.1. The van der Waals surface area contributed by atoms with Crippen LogP contribution in [0.4, 0.5) is 0 Å². The van der Waals surface area contributed by atoms with E-state index in [2.05, 4.69) is 22.4 Å². The summed E-state index contributed by atoms with van der Waals surface area (Å²) in [7, 11) is 1.60. The van der Waals surface area contributed by atoms with Crippen LogP contribution >= 0.6 is 12.2 Å². The zero-order valence-corrected chi connectivity index (χ0v) is 8.79. The highest BCUT2D eigenvalue weighted by molar-refractivity contribution is 7.78. The molecule has 0 aromatic rings. The van der Waals surface area contributed by atoms with E-state index >= 15 is 0 Å². The number of thiocarbonyl (C=S) groups is 1. The Labute approximate surface area is 88.0 Å². The van der Waals surface area contributed by atoms with Crippen molar-refractivity contribution in [3.8, 4) is 0 Å². The molecule has 0 spiro atoms. The quantitative estimate of drug-likeness (QED) is 0.537. The summed E-state index contributed by atoms with van der Waals surface area (Å²) < 4.78 is 5.22. The smallest absolute Gasteiger partial charge is 0.329 e.